The van der Waals surface area contributed by atoms with Gasteiger partial charge in [-0.2, -0.15) is 0 Å². The van der Waals surface area contributed by atoms with Crippen LogP contribution < -0.4 is 5.32 Å². The average molecular weight is 347 g/mol. The number of hydrogen-bond donors (Lipinski definition) is 1. The van der Waals surface area contributed by atoms with Crippen LogP contribution in [0.5, 0.6) is 0 Å². The number of benzene rings is 1. The fourth-order valence-electron chi connectivity index (χ4n) is 3.81. The molecular formula is C20H31N2O3+. The number of piperidine rings is 1. The van der Waals surface area contributed by atoms with E-state index in [-0.39, 0.29) is 17.8 Å². The summed E-state index contributed by atoms with van der Waals surface area (Å²) in [5, 5.41) is 3.08. The lowest BCUT2D eigenvalue weighted by Crippen LogP contribution is -2.58. The third-order valence-electron chi connectivity index (χ3n) is 5.31. The molecule has 0 spiro atoms. The maximum absolute atomic E-state index is 12.7. The number of para-hydroxylation sites is 1. The van der Waals surface area contributed by atoms with Gasteiger partial charge in [0.15, 0.2) is 6.54 Å². The number of esters is 1. The molecule has 1 fully saturated rings. The molecule has 1 heterocycles. The molecule has 2 unspecified atom stereocenters. The molecule has 2 rings (SSSR count). The van der Waals surface area contributed by atoms with E-state index < -0.39 is 0 Å². The van der Waals surface area contributed by atoms with Crippen LogP contribution in [0.1, 0.15) is 37.8 Å². The average Bonchev–Trinajstić information content (AvgIpc) is 2.58. The van der Waals surface area contributed by atoms with E-state index in [0.717, 1.165) is 42.7 Å². The van der Waals surface area contributed by atoms with Crippen LogP contribution in [-0.4, -0.2) is 49.1 Å². The van der Waals surface area contributed by atoms with E-state index in [1.165, 1.54) is 0 Å². The summed E-state index contributed by atoms with van der Waals surface area (Å²) in [6.45, 7) is 11.2. The summed E-state index contributed by atoms with van der Waals surface area (Å²) >= 11 is 0. The van der Waals surface area contributed by atoms with Gasteiger partial charge in [-0.25, -0.2) is 0 Å². The predicted octanol–water partition coefficient (Wildman–Crippen LogP) is 3.05. The number of quaternary nitrogens is 1. The van der Waals surface area contributed by atoms with Gasteiger partial charge in [0.05, 0.1) is 26.2 Å². The van der Waals surface area contributed by atoms with E-state index in [2.05, 4.69) is 12.2 Å². The number of rotatable bonds is 6. The summed E-state index contributed by atoms with van der Waals surface area (Å²) in [6, 6.07) is 6.00. The topological polar surface area (TPSA) is 55.4 Å². The number of amides is 1. The highest BCUT2D eigenvalue weighted by Gasteiger charge is 2.39. The predicted molar refractivity (Wildman–Crippen MR) is 99.3 cm³/mol. The number of anilines is 1. The van der Waals surface area contributed by atoms with E-state index in [9.17, 15) is 9.59 Å². The normalized spacial score (nSPS) is 23.1. The molecule has 2 atom stereocenters. The van der Waals surface area contributed by atoms with Crippen LogP contribution in [0.3, 0.4) is 0 Å². The smallest absolute Gasteiger partial charge is 0.314 e. The summed E-state index contributed by atoms with van der Waals surface area (Å²) in [6.07, 6.45) is 1.81. The van der Waals surface area contributed by atoms with E-state index >= 15 is 0 Å². The summed E-state index contributed by atoms with van der Waals surface area (Å²) in [4.78, 5) is 24.8. The first-order chi connectivity index (χ1) is 11.9. The quantitative estimate of drug-likeness (QED) is 0.636. The van der Waals surface area contributed by atoms with Gasteiger partial charge < -0.3 is 14.5 Å². The van der Waals surface area contributed by atoms with Crippen molar-refractivity contribution in [1.29, 1.82) is 0 Å². The van der Waals surface area contributed by atoms with Crippen molar-refractivity contribution >= 4 is 17.6 Å². The standard InChI is InChI=1S/C20H30N2O3/c1-5-22(12-8-11-17(13-22)20(24)25-6-2)14-18(23)21-19-15(3)9-7-10-16(19)4/h7,9-10,17H,5-6,8,11-14H2,1-4H3/p+1. The van der Waals surface area contributed by atoms with Crippen molar-refractivity contribution < 1.29 is 18.8 Å². The van der Waals surface area contributed by atoms with Gasteiger partial charge in [0, 0.05) is 5.69 Å². The van der Waals surface area contributed by atoms with Gasteiger partial charge in [0.25, 0.3) is 5.91 Å². The van der Waals surface area contributed by atoms with Crippen molar-refractivity contribution in [1.82, 2.24) is 0 Å². The number of aryl methyl sites for hydroxylation is 2. The first kappa shape index (κ1) is 19.4. The van der Waals surface area contributed by atoms with Gasteiger partial charge in [-0.15, -0.1) is 0 Å². The summed E-state index contributed by atoms with van der Waals surface area (Å²) in [5.41, 5.74) is 3.04. The van der Waals surface area contributed by atoms with Crippen molar-refractivity contribution in [3.8, 4) is 0 Å². The molecule has 1 aromatic carbocycles. The largest absolute Gasteiger partial charge is 0.466 e. The highest BCUT2D eigenvalue weighted by atomic mass is 16.5. The molecule has 25 heavy (non-hydrogen) atoms. The number of nitrogens with zero attached hydrogens (tertiary/aromatic N) is 1. The zero-order valence-corrected chi connectivity index (χ0v) is 15.9. The minimum absolute atomic E-state index is 0.0174. The second-order valence-corrected chi connectivity index (χ2v) is 7.13. The molecule has 1 N–H and O–H groups in total. The van der Waals surface area contributed by atoms with Gasteiger partial charge in [0.1, 0.15) is 5.92 Å². The lowest BCUT2D eigenvalue weighted by molar-refractivity contribution is -0.925. The van der Waals surface area contributed by atoms with Crippen LogP contribution in [0.25, 0.3) is 0 Å². The molecule has 1 saturated heterocycles. The Hall–Kier alpha value is -1.88. The maximum Gasteiger partial charge on any atom is 0.314 e. The third-order valence-corrected chi connectivity index (χ3v) is 5.31. The van der Waals surface area contributed by atoms with Gasteiger partial charge in [-0.05, 0) is 51.7 Å². The fourth-order valence-corrected chi connectivity index (χ4v) is 3.81. The lowest BCUT2D eigenvalue weighted by atomic mass is 9.95. The summed E-state index contributed by atoms with van der Waals surface area (Å²) in [5.74, 6) is -0.196. The molecule has 1 amide bonds. The minimum Gasteiger partial charge on any atom is -0.466 e. The Morgan fingerprint density at radius 1 is 1.24 bits per heavy atom. The van der Waals surface area contributed by atoms with Crippen LogP contribution in [0.2, 0.25) is 0 Å². The zero-order valence-electron chi connectivity index (χ0n) is 15.9. The van der Waals surface area contributed by atoms with Crippen LogP contribution >= 0.6 is 0 Å². The van der Waals surface area contributed by atoms with Gasteiger partial charge >= 0.3 is 5.97 Å². The minimum atomic E-state index is -0.117. The molecule has 0 saturated carbocycles. The molecule has 138 valence electrons. The molecule has 0 aromatic heterocycles. The SMILES string of the molecule is CCOC(=O)C1CCC[N+](CC)(CC(=O)Nc2c(C)cccc2C)C1. The fraction of sp³-hybridized carbons (Fsp3) is 0.600. The Kier molecular flexibility index (Phi) is 6.59. The number of hydrogen-bond acceptors (Lipinski definition) is 3. The first-order valence-corrected chi connectivity index (χ1v) is 9.28. The van der Waals surface area contributed by atoms with Crippen LogP contribution in [0.15, 0.2) is 18.2 Å². The maximum atomic E-state index is 12.7. The monoisotopic (exact) mass is 347 g/mol. The highest BCUT2D eigenvalue weighted by Crippen LogP contribution is 2.25. The molecule has 0 bridgehead atoms. The van der Waals surface area contributed by atoms with Crippen LogP contribution in [-0.2, 0) is 14.3 Å². The molecular weight excluding hydrogens is 316 g/mol. The van der Waals surface area contributed by atoms with Gasteiger partial charge in [0.2, 0.25) is 0 Å². The van der Waals surface area contributed by atoms with E-state index in [1.807, 2.05) is 39.0 Å². The Morgan fingerprint density at radius 3 is 2.52 bits per heavy atom. The number of carbonyl (C=O) groups excluding carboxylic acids is 2. The highest BCUT2D eigenvalue weighted by molar-refractivity contribution is 5.93. The Morgan fingerprint density at radius 2 is 1.92 bits per heavy atom. The Balaban J connectivity index is 2.07. The van der Waals surface area contributed by atoms with E-state index in [0.29, 0.717) is 24.2 Å². The molecule has 5 heteroatoms. The van der Waals surface area contributed by atoms with E-state index in [4.69, 9.17) is 4.74 Å². The Bertz CT molecular complexity index is 609. The molecule has 1 aliphatic rings. The van der Waals surface area contributed by atoms with Crippen molar-refractivity contribution in [2.75, 3.05) is 38.1 Å². The zero-order chi connectivity index (χ0) is 18.4. The summed E-state index contributed by atoms with van der Waals surface area (Å²) < 4.78 is 5.85. The van der Waals surface area contributed by atoms with E-state index in [1.54, 1.807) is 0 Å². The van der Waals surface area contributed by atoms with Crippen LogP contribution in [0.4, 0.5) is 5.69 Å². The first-order valence-electron chi connectivity index (χ1n) is 9.28. The van der Waals surface area contributed by atoms with Crippen molar-refractivity contribution in [3.05, 3.63) is 29.3 Å². The summed E-state index contributed by atoms with van der Waals surface area (Å²) in [7, 11) is 0. The number of likely N-dealkylation sites (tertiary alicyclic amines) is 1. The van der Waals surface area contributed by atoms with Gasteiger partial charge in [-0.3, -0.25) is 9.59 Å². The van der Waals surface area contributed by atoms with Crippen molar-refractivity contribution in [2.24, 2.45) is 5.92 Å². The number of carbonyl (C=O) groups is 2. The van der Waals surface area contributed by atoms with Crippen LogP contribution in [0, 0.1) is 19.8 Å². The third kappa shape index (κ3) is 4.82. The number of likely N-dealkylation sites (N-methyl/N-ethyl adjacent to an activating group) is 1. The second kappa shape index (κ2) is 8.48. The Labute approximate surface area is 150 Å². The molecule has 5 nitrogen and oxygen atoms in total. The lowest BCUT2D eigenvalue weighted by Gasteiger charge is -2.42. The second-order valence-electron chi connectivity index (χ2n) is 7.13. The van der Waals surface area contributed by atoms with Gasteiger partial charge in [-0.1, -0.05) is 18.2 Å². The van der Waals surface area contributed by atoms with Crippen molar-refractivity contribution in [3.63, 3.8) is 0 Å². The number of ether oxygens (including phenoxy) is 1. The molecule has 0 aliphatic carbocycles. The molecule has 1 aromatic rings. The molecule has 1 aliphatic heterocycles. The number of nitrogens with one attached hydrogen (secondary N) is 1. The van der Waals surface area contributed by atoms with Crippen molar-refractivity contribution in [2.45, 2.75) is 40.5 Å². The molecule has 0 radical (unpaired) electrons.